The topological polar surface area (TPSA) is 47.9 Å². The van der Waals surface area contributed by atoms with Crippen molar-refractivity contribution in [3.63, 3.8) is 0 Å². The van der Waals surface area contributed by atoms with Gasteiger partial charge < -0.3 is 15.1 Å². The molecule has 0 radical (unpaired) electrons. The number of hydrogen-bond donors (Lipinski definition) is 1. The number of aliphatic imine (C=N–C) groups is 1. The Morgan fingerprint density at radius 2 is 1.88 bits per heavy atom. The van der Waals surface area contributed by atoms with Crippen molar-refractivity contribution in [2.45, 2.75) is 13.8 Å². The van der Waals surface area contributed by atoms with Crippen molar-refractivity contribution in [3.05, 3.63) is 12.2 Å². The molecule has 0 unspecified atom stereocenters. The zero-order valence-corrected chi connectivity index (χ0v) is 10.9. The molecular formula is C12H22N4O. The highest BCUT2D eigenvalue weighted by atomic mass is 16.2. The molecule has 0 aromatic carbocycles. The third kappa shape index (κ3) is 3.76. The maximum Gasteiger partial charge on any atom is 0.317 e. The number of nitrogens with zero attached hydrogens (tertiary/aromatic N) is 3. The summed E-state index contributed by atoms with van der Waals surface area (Å²) in [6.07, 6.45) is 4.03. The van der Waals surface area contributed by atoms with Crippen LogP contribution in [0.15, 0.2) is 17.1 Å². The number of carbonyl (C=O) groups is 1. The normalized spacial score (nSPS) is 17.7. The predicted molar refractivity (Wildman–Crippen MR) is 70.4 cm³/mol. The molecule has 96 valence electrons. The molecule has 2 amide bonds. The molecule has 0 atom stereocenters. The lowest BCUT2D eigenvalue weighted by atomic mass is 10.3. The van der Waals surface area contributed by atoms with Gasteiger partial charge in [-0.15, -0.1) is 0 Å². The molecule has 5 heteroatoms. The van der Waals surface area contributed by atoms with Gasteiger partial charge in [-0.2, -0.15) is 0 Å². The Hall–Kier alpha value is -1.52. The zero-order valence-electron chi connectivity index (χ0n) is 10.9. The molecule has 0 saturated carbocycles. The van der Waals surface area contributed by atoms with Gasteiger partial charge in [0, 0.05) is 39.8 Å². The highest BCUT2D eigenvalue weighted by Gasteiger charge is 2.21. The molecule has 5 nitrogen and oxygen atoms in total. The van der Waals surface area contributed by atoms with E-state index in [1.54, 1.807) is 7.05 Å². The molecule has 0 aliphatic carbocycles. The van der Waals surface area contributed by atoms with Crippen LogP contribution in [-0.4, -0.2) is 61.4 Å². The number of hydrogen-bond acceptors (Lipinski definition) is 2. The Balaban J connectivity index is 2.55. The number of nitrogens with one attached hydrogen (secondary N) is 1. The molecule has 0 aromatic rings. The van der Waals surface area contributed by atoms with Crippen LogP contribution in [0.3, 0.4) is 0 Å². The Labute approximate surface area is 103 Å². The number of amidine groups is 1. The van der Waals surface area contributed by atoms with Crippen LogP contribution >= 0.6 is 0 Å². The van der Waals surface area contributed by atoms with Crippen molar-refractivity contribution in [1.82, 2.24) is 15.1 Å². The SMILES string of the molecule is C/C=C\C(=NCC)N1CCN(C(=O)NC)CC1. The minimum atomic E-state index is 0.00432. The number of rotatable bonds is 2. The molecule has 17 heavy (non-hydrogen) atoms. The first-order valence-corrected chi connectivity index (χ1v) is 6.11. The van der Waals surface area contributed by atoms with Crippen LogP contribution in [-0.2, 0) is 0 Å². The number of amides is 2. The van der Waals surface area contributed by atoms with Crippen molar-refractivity contribution < 1.29 is 4.79 Å². The van der Waals surface area contributed by atoms with Crippen LogP contribution in [0, 0.1) is 0 Å². The molecule has 1 heterocycles. The quantitative estimate of drug-likeness (QED) is 0.575. The molecule has 0 aromatic heterocycles. The molecule has 1 aliphatic heterocycles. The second-order valence-electron chi connectivity index (χ2n) is 3.86. The summed E-state index contributed by atoms with van der Waals surface area (Å²) in [7, 11) is 1.67. The summed E-state index contributed by atoms with van der Waals surface area (Å²) < 4.78 is 0. The van der Waals surface area contributed by atoms with Crippen molar-refractivity contribution in [1.29, 1.82) is 0 Å². The van der Waals surface area contributed by atoms with Gasteiger partial charge in [0.25, 0.3) is 0 Å². The Bertz CT molecular complexity index is 304. The van der Waals surface area contributed by atoms with Crippen molar-refractivity contribution in [2.24, 2.45) is 4.99 Å². The summed E-state index contributed by atoms with van der Waals surface area (Å²) in [6.45, 7) is 8.00. The number of urea groups is 1. The average Bonchev–Trinajstić information content (AvgIpc) is 2.38. The smallest absolute Gasteiger partial charge is 0.317 e. The Morgan fingerprint density at radius 1 is 1.29 bits per heavy atom. The van der Waals surface area contributed by atoms with Crippen LogP contribution in [0.25, 0.3) is 0 Å². The van der Waals surface area contributed by atoms with Gasteiger partial charge in [0.1, 0.15) is 5.84 Å². The highest BCUT2D eigenvalue weighted by Crippen LogP contribution is 2.04. The van der Waals surface area contributed by atoms with Crippen LogP contribution < -0.4 is 5.32 Å². The molecule has 1 N–H and O–H groups in total. The van der Waals surface area contributed by atoms with Crippen LogP contribution in [0.2, 0.25) is 0 Å². The maximum absolute atomic E-state index is 11.4. The van der Waals surface area contributed by atoms with Gasteiger partial charge >= 0.3 is 6.03 Å². The monoisotopic (exact) mass is 238 g/mol. The molecular weight excluding hydrogens is 216 g/mol. The maximum atomic E-state index is 11.4. The number of piperazine rings is 1. The van der Waals surface area contributed by atoms with Gasteiger partial charge in [-0.25, -0.2) is 4.79 Å². The van der Waals surface area contributed by atoms with Crippen LogP contribution in [0.5, 0.6) is 0 Å². The van der Waals surface area contributed by atoms with Gasteiger partial charge in [-0.1, -0.05) is 6.08 Å². The lowest BCUT2D eigenvalue weighted by Gasteiger charge is -2.35. The first kappa shape index (κ1) is 13.5. The second kappa shape index (κ2) is 6.93. The molecule has 1 saturated heterocycles. The van der Waals surface area contributed by atoms with E-state index in [1.807, 2.05) is 30.9 Å². The lowest BCUT2D eigenvalue weighted by Crippen LogP contribution is -2.52. The summed E-state index contributed by atoms with van der Waals surface area (Å²) in [5.74, 6) is 1.02. The van der Waals surface area contributed by atoms with Gasteiger partial charge in [0.15, 0.2) is 0 Å². The fraction of sp³-hybridized carbons (Fsp3) is 0.667. The fourth-order valence-electron chi connectivity index (χ4n) is 1.87. The Morgan fingerprint density at radius 3 is 2.35 bits per heavy atom. The minimum Gasteiger partial charge on any atom is -0.353 e. The first-order valence-electron chi connectivity index (χ1n) is 6.11. The van der Waals surface area contributed by atoms with E-state index < -0.39 is 0 Å². The van der Waals surface area contributed by atoms with Crippen molar-refractivity contribution in [2.75, 3.05) is 39.8 Å². The zero-order chi connectivity index (χ0) is 12.7. The van der Waals surface area contributed by atoms with Crippen molar-refractivity contribution in [3.8, 4) is 0 Å². The van der Waals surface area contributed by atoms with Gasteiger partial charge in [0.05, 0.1) is 0 Å². The van der Waals surface area contributed by atoms with E-state index in [4.69, 9.17) is 0 Å². The molecule has 0 bridgehead atoms. The largest absolute Gasteiger partial charge is 0.353 e. The molecule has 1 rings (SSSR count). The van der Waals surface area contributed by atoms with E-state index in [0.717, 1.165) is 38.6 Å². The van der Waals surface area contributed by atoms with E-state index in [9.17, 15) is 4.79 Å². The summed E-state index contributed by atoms with van der Waals surface area (Å²) in [5.41, 5.74) is 0. The second-order valence-corrected chi connectivity index (χ2v) is 3.86. The molecule has 1 fully saturated rings. The highest BCUT2D eigenvalue weighted by molar-refractivity contribution is 5.93. The summed E-state index contributed by atoms with van der Waals surface area (Å²) in [5, 5.41) is 2.65. The summed E-state index contributed by atoms with van der Waals surface area (Å²) >= 11 is 0. The average molecular weight is 238 g/mol. The van der Waals surface area contributed by atoms with Crippen molar-refractivity contribution >= 4 is 11.9 Å². The van der Waals surface area contributed by atoms with Gasteiger partial charge in [-0.05, 0) is 19.9 Å². The third-order valence-corrected chi connectivity index (χ3v) is 2.74. The lowest BCUT2D eigenvalue weighted by molar-refractivity contribution is 0.171. The molecule has 0 spiro atoms. The van der Waals surface area contributed by atoms with E-state index in [0.29, 0.717) is 0 Å². The van der Waals surface area contributed by atoms with E-state index in [2.05, 4.69) is 15.2 Å². The van der Waals surface area contributed by atoms with Crippen LogP contribution in [0.4, 0.5) is 4.79 Å². The summed E-state index contributed by atoms with van der Waals surface area (Å²) in [6, 6.07) is 0.00432. The van der Waals surface area contributed by atoms with E-state index in [1.165, 1.54) is 0 Å². The standard InChI is InChI=1S/C12H22N4O/c1-4-6-11(14-5-2)15-7-9-16(10-8-15)12(17)13-3/h4,6H,5,7-10H2,1-3H3,(H,13,17)/b6-4-,14-11?. The van der Waals surface area contributed by atoms with E-state index in [-0.39, 0.29) is 6.03 Å². The number of allylic oxidation sites excluding steroid dienone is 1. The number of carbonyl (C=O) groups excluding carboxylic acids is 1. The predicted octanol–water partition coefficient (Wildman–Crippen LogP) is 0.938. The molecule has 1 aliphatic rings. The van der Waals surface area contributed by atoms with Gasteiger partial charge in [-0.3, -0.25) is 4.99 Å². The fourth-order valence-corrected chi connectivity index (χ4v) is 1.87. The van der Waals surface area contributed by atoms with Crippen LogP contribution in [0.1, 0.15) is 13.8 Å². The Kier molecular flexibility index (Phi) is 5.52. The summed E-state index contributed by atoms with van der Waals surface area (Å²) in [4.78, 5) is 20.0. The van der Waals surface area contributed by atoms with Gasteiger partial charge in [0.2, 0.25) is 0 Å². The third-order valence-electron chi connectivity index (χ3n) is 2.74. The minimum absolute atomic E-state index is 0.00432. The first-order chi connectivity index (χ1) is 8.22. The van der Waals surface area contributed by atoms with E-state index >= 15 is 0 Å².